The van der Waals surface area contributed by atoms with Crippen LogP contribution < -0.4 is 0 Å². The maximum Gasteiger partial charge on any atom is 0.168 e. The molecule has 2 saturated heterocycles. The third-order valence-corrected chi connectivity index (χ3v) is 6.83. The topological polar surface area (TPSA) is 54.9 Å². The fraction of sp³-hybridized carbons (Fsp3) is 0.769. The van der Waals surface area contributed by atoms with Gasteiger partial charge in [0.15, 0.2) is 6.29 Å². The number of rotatable bonds is 6. The lowest BCUT2D eigenvalue weighted by atomic mass is 9.83. The summed E-state index contributed by atoms with van der Waals surface area (Å²) in [5.41, 5.74) is 0.682. The number of pyridine rings is 1. The van der Waals surface area contributed by atoms with Crippen molar-refractivity contribution in [3.05, 3.63) is 30.1 Å². The van der Waals surface area contributed by atoms with E-state index in [1.165, 1.54) is 25.9 Å². The zero-order valence-electron chi connectivity index (χ0n) is 21.9. The maximum atomic E-state index is 9.94. The van der Waals surface area contributed by atoms with E-state index in [1.54, 1.807) is 24.4 Å². The molecule has 190 valence electrons. The predicted molar refractivity (Wildman–Crippen MR) is 141 cm³/mol. The Hall–Kier alpha value is -0.990. The van der Waals surface area contributed by atoms with Gasteiger partial charge in [0.1, 0.15) is 5.69 Å². The van der Waals surface area contributed by atoms with E-state index in [1.807, 2.05) is 14.1 Å². The van der Waals surface area contributed by atoms with Gasteiger partial charge in [0.05, 0.1) is 18.3 Å². The van der Waals surface area contributed by atoms with E-state index in [2.05, 4.69) is 49.4 Å². The lowest BCUT2D eigenvalue weighted by molar-refractivity contribution is -0.0347. The van der Waals surface area contributed by atoms with E-state index in [9.17, 15) is 4.79 Å². The molecule has 2 aliphatic rings. The Kier molecular flexibility index (Phi) is 13.7. The van der Waals surface area contributed by atoms with Crippen LogP contribution in [0, 0.1) is 0 Å². The fourth-order valence-electron chi connectivity index (χ4n) is 4.26. The molecule has 0 saturated carbocycles. The number of aromatic nitrogens is 1. The van der Waals surface area contributed by atoms with Gasteiger partial charge in [-0.25, -0.2) is 0 Å². The summed E-state index contributed by atoms with van der Waals surface area (Å²) < 4.78 is 11.3. The van der Waals surface area contributed by atoms with Crippen LogP contribution in [0.5, 0.6) is 0 Å². The highest BCUT2D eigenvalue weighted by molar-refractivity contribution is 7.81. The number of likely N-dealkylation sites (tertiary alicyclic amines) is 1. The molecule has 33 heavy (non-hydrogen) atoms. The van der Waals surface area contributed by atoms with Gasteiger partial charge < -0.3 is 14.4 Å². The van der Waals surface area contributed by atoms with Gasteiger partial charge in [-0.2, -0.15) is 12.6 Å². The summed E-state index contributed by atoms with van der Waals surface area (Å²) in [5.74, 6) is 0. The quantitative estimate of drug-likeness (QED) is 0.474. The molecule has 0 aliphatic carbocycles. The average Bonchev–Trinajstić information content (AvgIpc) is 3.26. The van der Waals surface area contributed by atoms with Crippen LogP contribution in [0.25, 0.3) is 0 Å². The molecular formula is C26H47N3O3S. The second-order valence-corrected chi connectivity index (χ2v) is 10.9. The van der Waals surface area contributed by atoms with Gasteiger partial charge >= 0.3 is 0 Å². The van der Waals surface area contributed by atoms with E-state index >= 15 is 0 Å². The highest BCUT2D eigenvalue weighted by Gasteiger charge is 2.45. The van der Waals surface area contributed by atoms with Crippen LogP contribution in [0.1, 0.15) is 70.8 Å². The van der Waals surface area contributed by atoms with Gasteiger partial charge in [0.25, 0.3) is 0 Å². The molecule has 2 unspecified atom stereocenters. The van der Waals surface area contributed by atoms with Crippen molar-refractivity contribution in [3.8, 4) is 0 Å². The molecule has 0 aromatic carbocycles. The minimum atomic E-state index is -0.00514. The van der Waals surface area contributed by atoms with Crippen LogP contribution in [0.3, 0.4) is 0 Å². The second-order valence-electron chi connectivity index (χ2n) is 10.2. The molecular weight excluding hydrogens is 434 g/mol. The van der Waals surface area contributed by atoms with Crippen LogP contribution >= 0.6 is 12.6 Å². The van der Waals surface area contributed by atoms with Gasteiger partial charge in [-0.3, -0.25) is 14.7 Å². The Labute approximate surface area is 207 Å². The Morgan fingerprint density at radius 3 is 2.42 bits per heavy atom. The van der Waals surface area contributed by atoms with Gasteiger partial charge in [-0.15, -0.1) is 0 Å². The van der Waals surface area contributed by atoms with Crippen molar-refractivity contribution in [2.45, 2.75) is 82.8 Å². The van der Waals surface area contributed by atoms with Crippen LogP contribution in [0.4, 0.5) is 0 Å². The third-order valence-electron chi connectivity index (χ3n) is 6.01. The summed E-state index contributed by atoms with van der Waals surface area (Å²) in [5, 5.41) is 0.437. The maximum absolute atomic E-state index is 9.94. The van der Waals surface area contributed by atoms with E-state index in [0.717, 1.165) is 38.9 Å². The Morgan fingerprint density at radius 2 is 1.94 bits per heavy atom. The zero-order valence-corrected chi connectivity index (χ0v) is 22.8. The molecule has 2 aliphatic heterocycles. The first-order valence-corrected chi connectivity index (χ1v) is 12.7. The standard InChI is InChI=1S/C13H25NOS.C7H17NO.C6H5NO/c1-12(2)10-13(3,11(16)6-9-15-12)14-7-4-5-8-14;1-7(2)9-6-5-8(3)4;8-5-6-3-1-2-4-7-6/h11,16H,4-10H2,1-3H3;7H,5-6H2,1-4H3;1-5H. The first-order chi connectivity index (χ1) is 15.5. The number of thiol groups is 1. The molecule has 0 N–H and O–H groups in total. The summed E-state index contributed by atoms with van der Waals surface area (Å²) >= 11 is 4.84. The minimum Gasteiger partial charge on any atom is -0.377 e. The second kappa shape index (κ2) is 15.1. The van der Waals surface area contributed by atoms with Gasteiger partial charge in [0.2, 0.25) is 0 Å². The van der Waals surface area contributed by atoms with Crippen molar-refractivity contribution in [1.82, 2.24) is 14.8 Å². The predicted octanol–water partition coefficient (Wildman–Crippen LogP) is 4.60. The molecule has 0 bridgehead atoms. The van der Waals surface area contributed by atoms with Crippen LogP contribution in [-0.4, -0.2) is 90.5 Å². The zero-order chi connectivity index (χ0) is 24.9. The minimum absolute atomic E-state index is 0.00514. The van der Waals surface area contributed by atoms with E-state index in [-0.39, 0.29) is 11.1 Å². The van der Waals surface area contributed by atoms with Crippen molar-refractivity contribution in [2.24, 2.45) is 0 Å². The van der Waals surface area contributed by atoms with E-state index in [4.69, 9.17) is 22.1 Å². The first-order valence-electron chi connectivity index (χ1n) is 12.2. The molecule has 0 spiro atoms. The molecule has 0 radical (unpaired) electrons. The molecule has 2 atom stereocenters. The number of carbonyl (C=O) groups is 1. The van der Waals surface area contributed by atoms with Gasteiger partial charge in [-0.05, 0) is 99.6 Å². The molecule has 2 fully saturated rings. The van der Waals surface area contributed by atoms with Crippen molar-refractivity contribution < 1.29 is 14.3 Å². The normalized spacial score (nSPS) is 25.0. The van der Waals surface area contributed by atoms with Gasteiger partial charge in [-0.1, -0.05) is 6.07 Å². The van der Waals surface area contributed by atoms with Gasteiger partial charge in [0, 0.05) is 30.1 Å². The van der Waals surface area contributed by atoms with E-state index < -0.39 is 0 Å². The Balaban J connectivity index is 0.000000273. The molecule has 6 nitrogen and oxygen atoms in total. The lowest BCUT2D eigenvalue weighted by Crippen LogP contribution is -2.53. The highest BCUT2D eigenvalue weighted by atomic mass is 32.1. The summed E-state index contributed by atoms with van der Waals surface area (Å²) in [6, 6.07) is 5.21. The monoisotopic (exact) mass is 481 g/mol. The number of carbonyl (C=O) groups excluding carboxylic acids is 1. The van der Waals surface area contributed by atoms with Crippen molar-refractivity contribution >= 4 is 18.9 Å². The molecule has 1 aromatic heterocycles. The lowest BCUT2D eigenvalue weighted by Gasteiger charge is -2.44. The summed E-state index contributed by atoms with van der Waals surface area (Å²) in [4.78, 5) is 18.4. The van der Waals surface area contributed by atoms with Crippen LogP contribution in [0.15, 0.2) is 24.4 Å². The molecule has 0 amide bonds. The fourth-order valence-corrected chi connectivity index (χ4v) is 4.62. The number of hydrogen-bond donors (Lipinski definition) is 1. The van der Waals surface area contributed by atoms with Crippen molar-refractivity contribution in [3.63, 3.8) is 0 Å². The van der Waals surface area contributed by atoms with Crippen LogP contribution in [0.2, 0.25) is 0 Å². The van der Waals surface area contributed by atoms with Crippen LogP contribution in [-0.2, 0) is 9.47 Å². The number of aldehydes is 1. The number of ether oxygens (including phenoxy) is 2. The Morgan fingerprint density at radius 1 is 1.27 bits per heavy atom. The average molecular weight is 482 g/mol. The first kappa shape index (κ1) is 30.0. The molecule has 3 heterocycles. The number of hydrogen-bond acceptors (Lipinski definition) is 7. The number of likely N-dealkylation sites (N-methyl/N-ethyl adjacent to an activating group) is 1. The largest absolute Gasteiger partial charge is 0.377 e. The highest BCUT2D eigenvalue weighted by Crippen LogP contribution is 2.39. The SMILES string of the molecule is CC(C)OCCN(C)C.CC1(C)CC(C)(N2CCCC2)C(S)CCO1.O=Cc1ccccn1. The van der Waals surface area contributed by atoms with E-state index in [0.29, 0.717) is 17.0 Å². The third kappa shape index (κ3) is 11.8. The Bertz CT molecular complexity index is 643. The molecule has 1 aromatic rings. The summed E-state index contributed by atoms with van der Waals surface area (Å²) in [6.45, 7) is 16.1. The summed E-state index contributed by atoms with van der Waals surface area (Å²) in [6.07, 6.45) is 7.52. The molecule has 3 rings (SSSR count). The van der Waals surface area contributed by atoms with Crippen molar-refractivity contribution in [1.29, 1.82) is 0 Å². The smallest absolute Gasteiger partial charge is 0.168 e. The molecule has 7 heteroatoms. The number of nitrogens with zero attached hydrogens (tertiary/aromatic N) is 3. The summed E-state index contributed by atoms with van der Waals surface area (Å²) in [7, 11) is 4.09. The van der Waals surface area contributed by atoms with Crippen molar-refractivity contribution in [2.75, 3.05) is 46.9 Å².